The Morgan fingerprint density at radius 3 is 2.47 bits per heavy atom. The maximum Gasteiger partial charge on any atom is 0.416 e. The molecule has 2 fully saturated rings. The third kappa shape index (κ3) is 5.15. The zero-order valence-electron chi connectivity index (χ0n) is 20.4. The summed E-state index contributed by atoms with van der Waals surface area (Å²) in [6.45, 7) is 4.87. The van der Waals surface area contributed by atoms with Gasteiger partial charge >= 0.3 is 18.4 Å². The fourth-order valence-electron chi connectivity index (χ4n) is 4.92. The first-order valence-electron chi connectivity index (χ1n) is 11.9. The number of carboxylic acid groups (broad SMARTS) is 1. The van der Waals surface area contributed by atoms with E-state index >= 15 is 0 Å². The third-order valence-corrected chi connectivity index (χ3v) is 6.58. The van der Waals surface area contributed by atoms with Crippen LogP contribution in [-0.2, 0) is 22.3 Å². The van der Waals surface area contributed by atoms with E-state index in [1.807, 2.05) is 0 Å². The van der Waals surface area contributed by atoms with Crippen LogP contribution in [0.5, 0.6) is 0 Å². The average molecular weight is 510 g/mol. The normalized spacial score (nSPS) is 23.9. The standard InChI is InChI=1S/C25H30F3N3O5/c1-23(2,3)36-22(35)29-14-19-8-5-11-24(15-29,31(19)21(33)34)20(32)30(18-9-10-18)13-16-6-4-7-17(12-16)25(26,27)28/h4-8,12,18-19H,9-11,13-15H2,1-3H3,(H,33,34). The number of halogens is 3. The minimum Gasteiger partial charge on any atom is -0.465 e. The molecule has 2 unspecified atom stereocenters. The predicted molar refractivity (Wildman–Crippen MR) is 123 cm³/mol. The van der Waals surface area contributed by atoms with Crippen molar-refractivity contribution in [1.82, 2.24) is 14.7 Å². The average Bonchev–Trinajstić information content (AvgIpc) is 3.59. The molecule has 1 saturated carbocycles. The molecule has 0 radical (unpaired) electrons. The second kappa shape index (κ2) is 9.01. The van der Waals surface area contributed by atoms with Crippen LogP contribution in [0.3, 0.4) is 0 Å². The second-order valence-corrected chi connectivity index (χ2v) is 10.6. The highest BCUT2D eigenvalue weighted by molar-refractivity contribution is 5.92. The molecule has 2 bridgehead atoms. The molecule has 1 aliphatic carbocycles. The number of ether oxygens (including phenoxy) is 1. The smallest absolute Gasteiger partial charge is 0.416 e. The molecule has 3 amide bonds. The van der Waals surface area contributed by atoms with E-state index < -0.39 is 47.0 Å². The molecule has 11 heteroatoms. The van der Waals surface area contributed by atoms with E-state index in [9.17, 15) is 32.7 Å². The van der Waals surface area contributed by atoms with Gasteiger partial charge in [-0.3, -0.25) is 9.69 Å². The van der Waals surface area contributed by atoms with Crippen LogP contribution in [0.25, 0.3) is 0 Å². The fourth-order valence-corrected chi connectivity index (χ4v) is 4.92. The van der Waals surface area contributed by atoms with Gasteiger partial charge in [0.2, 0.25) is 0 Å². The number of fused-ring (bicyclic) bond motifs is 2. The molecular weight excluding hydrogens is 479 g/mol. The number of nitrogens with zero attached hydrogens (tertiary/aromatic N) is 3. The Labute approximate surface area is 207 Å². The summed E-state index contributed by atoms with van der Waals surface area (Å²) in [6.07, 6.45) is -1.70. The van der Waals surface area contributed by atoms with Gasteiger partial charge in [0.05, 0.1) is 18.2 Å². The highest BCUT2D eigenvalue weighted by Crippen LogP contribution is 2.40. The van der Waals surface area contributed by atoms with Crippen molar-refractivity contribution in [3.63, 3.8) is 0 Å². The third-order valence-electron chi connectivity index (χ3n) is 6.58. The summed E-state index contributed by atoms with van der Waals surface area (Å²) in [4.78, 5) is 43.3. The van der Waals surface area contributed by atoms with Crippen LogP contribution in [-0.4, -0.2) is 74.2 Å². The number of carbonyl (C=O) groups excluding carboxylic acids is 2. The molecule has 4 rings (SSSR count). The zero-order chi connectivity index (χ0) is 26.5. The number of rotatable bonds is 4. The molecule has 2 aliphatic heterocycles. The van der Waals surface area contributed by atoms with Crippen molar-refractivity contribution in [3.05, 3.63) is 47.5 Å². The highest BCUT2D eigenvalue weighted by atomic mass is 19.4. The van der Waals surface area contributed by atoms with Gasteiger partial charge in [0.1, 0.15) is 11.1 Å². The van der Waals surface area contributed by atoms with Crippen LogP contribution in [0.15, 0.2) is 36.4 Å². The fraction of sp³-hybridized carbons (Fsp3) is 0.560. The summed E-state index contributed by atoms with van der Waals surface area (Å²) < 4.78 is 45.3. The van der Waals surface area contributed by atoms with Gasteiger partial charge in [0, 0.05) is 19.1 Å². The number of benzene rings is 1. The van der Waals surface area contributed by atoms with Crippen molar-refractivity contribution in [3.8, 4) is 0 Å². The number of hydrogen-bond donors (Lipinski definition) is 1. The Bertz CT molecular complexity index is 1080. The lowest BCUT2D eigenvalue weighted by Crippen LogP contribution is -2.74. The lowest BCUT2D eigenvalue weighted by molar-refractivity contribution is -0.151. The van der Waals surface area contributed by atoms with E-state index in [0.717, 1.165) is 17.0 Å². The largest absolute Gasteiger partial charge is 0.465 e. The predicted octanol–water partition coefficient (Wildman–Crippen LogP) is 4.49. The number of carbonyl (C=O) groups is 3. The first-order valence-corrected chi connectivity index (χ1v) is 11.9. The van der Waals surface area contributed by atoms with E-state index in [-0.39, 0.29) is 32.1 Å². The summed E-state index contributed by atoms with van der Waals surface area (Å²) in [6, 6.07) is 3.82. The van der Waals surface area contributed by atoms with Gasteiger partial charge in [-0.15, -0.1) is 0 Å². The number of amides is 3. The topological polar surface area (TPSA) is 90.4 Å². The van der Waals surface area contributed by atoms with Gasteiger partial charge in [-0.05, 0) is 57.7 Å². The van der Waals surface area contributed by atoms with E-state index in [1.165, 1.54) is 21.9 Å². The Morgan fingerprint density at radius 1 is 1.19 bits per heavy atom. The Morgan fingerprint density at radius 2 is 1.89 bits per heavy atom. The molecule has 3 aliphatic rings. The Hall–Kier alpha value is -3.24. The van der Waals surface area contributed by atoms with Crippen molar-refractivity contribution in [1.29, 1.82) is 0 Å². The van der Waals surface area contributed by atoms with Crippen molar-refractivity contribution < 1.29 is 37.4 Å². The van der Waals surface area contributed by atoms with Crippen molar-refractivity contribution in [2.75, 3.05) is 13.1 Å². The number of alkyl halides is 3. The van der Waals surface area contributed by atoms with Gasteiger partial charge in [0.25, 0.3) is 5.91 Å². The molecular formula is C25H30F3N3O5. The molecule has 8 nitrogen and oxygen atoms in total. The van der Waals surface area contributed by atoms with E-state index in [2.05, 4.69) is 0 Å². The summed E-state index contributed by atoms with van der Waals surface area (Å²) in [5.41, 5.74) is -2.91. The first kappa shape index (κ1) is 25.8. The molecule has 1 aromatic rings. The van der Waals surface area contributed by atoms with E-state index in [0.29, 0.717) is 18.4 Å². The van der Waals surface area contributed by atoms with Gasteiger partial charge in [-0.25, -0.2) is 9.59 Å². The van der Waals surface area contributed by atoms with Crippen LogP contribution >= 0.6 is 0 Å². The monoisotopic (exact) mass is 509 g/mol. The molecule has 1 N–H and O–H groups in total. The van der Waals surface area contributed by atoms with Crippen LogP contribution in [0.1, 0.15) is 51.2 Å². The summed E-state index contributed by atoms with van der Waals surface area (Å²) in [7, 11) is 0. The van der Waals surface area contributed by atoms with E-state index in [4.69, 9.17) is 4.74 Å². The number of piperazine rings is 1. The molecule has 196 valence electrons. The molecule has 36 heavy (non-hydrogen) atoms. The van der Waals surface area contributed by atoms with Gasteiger partial charge in [0.15, 0.2) is 0 Å². The van der Waals surface area contributed by atoms with E-state index in [1.54, 1.807) is 32.9 Å². The summed E-state index contributed by atoms with van der Waals surface area (Å²) >= 11 is 0. The first-order chi connectivity index (χ1) is 16.7. The van der Waals surface area contributed by atoms with Crippen LogP contribution in [0.4, 0.5) is 22.8 Å². The maximum absolute atomic E-state index is 14.2. The molecule has 0 spiro atoms. The van der Waals surface area contributed by atoms with Crippen LogP contribution in [0, 0.1) is 0 Å². The van der Waals surface area contributed by atoms with Crippen molar-refractivity contribution >= 4 is 18.1 Å². The Kier molecular flexibility index (Phi) is 6.47. The molecule has 2 atom stereocenters. The van der Waals surface area contributed by atoms with Crippen molar-refractivity contribution in [2.24, 2.45) is 0 Å². The lowest BCUT2D eigenvalue weighted by atomic mass is 9.82. The zero-order valence-corrected chi connectivity index (χ0v) is 20.4. The lowest BCUT2D eigenvalue weighted by Gasteiger charge is -2.54. The van der Waals surface area contributed by atoms with Gasteiger partial charge in [-0.2, -0.15) is 13.2 Å². The minimum absolute atomic E-state index is 0.0315. The molecule has 0 aromatic heterocycles. The quantitative estimate of drug-likeness (QED) is 0.604. The summed E-state index contributed by atoms with van der Waals surface area (Å²) in [5, 5.41) is 10.1. The van der Waals surface area contributed by atoms with Crippen molar-refractivity contribution in [2.45, 2.75) is 76.0 Å². The van der Waals surface area contributed by atoms with Crippen LogP contribution < -0.4 is 0 Å². The van der Waals surface area contributed by atoms with Gasteiger partial charge < -0.3 is 19.6 Å². The molecule has 2 heterocycles. The van der Waals surface area contributed by atoms with Gasteiger partial charge in [-0.1, -0.05) is 24.3 Å². The van der Waals surface area contributed by atoms with Crippen LogP contribution in [0.2, 0.25) is 0 Å². The molecule has 1 aromatic carbocycles. The number of hydrogen-bond acceptors (Lipinski definition) is 4. The molecule has 1 saturated heterocycles. The highest BCUT2D eigenvalue weighted by Gasteiger charge is 2.58. The second-order valence-electron chi connectivity index (χ2n) is 10.6. The summed E-state index contributed by atoms with van der Waals surface area (Å²) in [5.74, 6) is -0.521. The Balaban J connectivity index is 1.68. The SMILES string of the molecule is CC(C)(C)OC(=O)N1CC2C=CCC(C(=O)N(Cc3cccc(C(F)(F)F)c3)C3CC3)(C1)N2C(=O)O. The minimum atomic E-state index is -4.53. The maximum atomic E-state index is 14.2.